The number of aromatic nitrogens is 3. The van der Waals surface area contributed by atoms with Crippen molar-refractivity contribution in [3.63, 3.8) is 0 Å². The molecule has 0 amide bonds. The smallest absolute Gasteiger partial charge is 0.433 e. The molecule has 0 aliphatic heterocycles. The van der Waals surface area contributed by atoms with Crippen LogP contribution in [0.3, 0.4) is 0 Å². The fourth-order valence-corrected chi connectivity index (χ4v) is 6.09. The summed E-state index contributed by atoms with van der Waals surface area (Å²) in [7, 11) is -2.25. The molecule has 1 aromatic carbocycles. The van der Waals surface area contributed by atoms with Crippen LogP contribution in [0.5, 0.6) is 0 Å². The summed E-state index contributed by atoms with van der Waals surface area (Å²) in [5.41, 5.74) is 3.53. The Labute approximate surface area is 236 Å². The number of carbonyl (C=O) groups is 1. The number of carboxylic acids is 1. The lowest BCUT2D eigenvalue weighted by atomic mass is 10.1. The van der Waals surface area contributed by atoms with Gasteiger partial charge in [0.25, 0.3) is 10.0 Å². The number of carboxylic acid groups (broad SMARTS) is 1. The maximum absolute atomic E-state index is 13.3. The number of hydrogen-bond donors (Lipinski definition) is 2. The van der Waals surface area contributed by atoms with Crippen LogP contribution in [0.15, 0.2) is 46.8 Å². The Morgan fingerprint density at radius 2 is 1.73 bits per heavy atom. The van der Waals surface area contributed by atoms with Gasteiger partial charge in [-0.05, 0) is 24.3 Å². The number of likely N-dealkylation sites (N-methyl/N-ethyl adjacent to an activating group) is 1. The molecular weight excluding hydrogens is 628 g/mol. The van der Waals surface area contributed by atoms with E-state index >= 15 is 0 Å². The number of aromatic carboxylic acids is 1. The number of nitrogens with one attached hydrogen (secondary N) is 1. The topological polar surface area (TPSA) is 149 Å². The van der Waals surface area contributed by atoms with Gasteiger partial charge in [0.15, 0.2) is 11.3 Å². The highest BCUT2D eigenvalue weighted by atomic mass is 35.5. The molecule has 0 aliphatic rings. The van der Waals surface area contributed by atoms with Crippen molar-refractivity contribution in [3.05, 3.63) is 69.5 Å². The van der Waals surface area contributed by atoms with Gasteiger partial charge in [-0.25, -0.2) is 22.7 Å². The number of nitrogens with zero attached hydrogens (tertiary/aromatic N) is 4. The van der Waals surface area contributed by atoms with Gasteiger partial charge in [-0.15, -0.1) is 17.0 Å². The molecule has 0 radical (unpaired) electrons. The van der Waals surface area contributed by atoms with E-state index in [9.17, 15) is 39.6 Å². The van der Waals surface area contributed by atoms with Crippen LogP contribution in [-0.2, 0) is 22.4 Å². The van der Waals surface area contributed by atoms with E-state index in [1.807, 2.05) is 0 Å². The summed E-state index contributed by atoms with van der Waals surface area (Å²) in [4.78, 5) is 15.0. The molecule has 0 bridgehead atoms. The number of halogens is 7. The molecule has 0 fully saturated rings. The van der Waals surface area contributed by atoms with Crippen LogP contribution in [0.1, 0.15) is 21.6 Å². The molecule has 0 unspecified atom stereocenters. The first-order chi connectivity index (χ1) is 18.9. The van der Waals surface area contributed by atoms with Gasteiger partial charge in [0, 0.05) is 19.2 Å². The predicted octanol–water partition coefficient (Wildman–Crippen LogP) is 5.83. The third-order valence-electron chi connectivity index (χ3n) is 5.24. The zero-order chi connectivity index (χ0) is 30.9. The summed E-state index contributed by atoms with van der Waals surface area (Å²) >= 11 is 6.46. The second-order valence-corrected chi connectivity index (χ2v) is 11.9. The Morgan fingerprint density at radius 1 is 1.12 bits per heavy atom. The van der Waals surface area contributed by atoms with Crippen LogP contribution in [0.2, 0.25) is 4.34 Å². The molecule has 10 nitrogen and oxygen atoms in total. The highest BCUT2D eigenvalue weighted by Gasteiger charge is 2.36. The first-order valence-electron chi connectivity index (χ1n) is 10.8. The van der Waals surface area contributed by atoms with Gasteiger partial charge in [0.2, 0.25) is 0 Å². The molecule has 0 spiro atoms. The monoisotopic (exact) mass is 644 g/mol. The molecule has 222 valence electrons. The van der Waals surface area contributed by atoms with Crippen molar-refractivity contribution in [1.29, 1.82) is 0 Å². The summed E-state index contributed by atoms with van der Waals surface area (Å²) in [5.74, 6) is -1.54. The molecule has 19 heteroatoms. The second kappa shape index (κ2) is 11.8. The van der Waals surface area contributed by atoms with E-state index in [0.29, 0.717) is 22.7 Å². The Kier molecular flexibility index (Phi) is 9.23. The molecule has 3 heterocycles. The maximum Gasteiger partial charge on any atom is 0.433 e. The van der Waals surface area contributed by atoms with Gasteiger partial charge in [-0.2, -0.15) is 35.7 Å². The molecule has 0 aliphatic carbocycles. The lowest BCUT2D eigenvalue weighted by Gasteiger charge is -2.13. The molecule has 3 aromatic heterocycles. The van der Waals surface area contributed by atoms with Crippen molar-refractivity contribution in [2.24, 2.45) is 0 Å². The average Bonchev–Trinajstić information content (AvgIpc) is 3.46. The van der Waals surface area contributed by atoms with Crippen LogP contribution < -0.4 is 0 Å². The summed E-state index contributed by atoms with van der Waals surface area (Å²) in [6, 6.07) is 5.10. The van der Waals surface area contributed by atoms with E-state index in [1.165, 1.54) is 13.1 Å². The van der Waals surface area contributed by atoms with Crippen LogP contribution in [0, 0.1) is 0 Å². The minimum absolute atomic E-state index is 0.00219. The zero-order valence-corrected chi connectivity index (χ0v) is 22.7. The third-order valence-corrected chi connectivity index (χ3v) is 8.91. The van der Waals surface area contributed by atoms with Crippen LogP contribution in [0.4, 0.5) is 32.0 Å². The molecule has 4 aromatic rings. The minimum Gasteiger partial charge on any atom is -0.697 e. The van der Waals surface area contributed by atoms with Gasteiger partial charge < -0.3 is 15.9 Å². The Morgan fingerprint density at radius 3 is 2.20 bits per heavy atom. The van der Waals surface area contributed by atoms with E-state index in [4.69, 9.17) is 27.5 Å². The van der Waals surface area contributed by atoms with E-state index in [1.54, 1.807) is 0 Å². The highest BCUT2D eigenvalue weighted by Crippen LogP contribution is 2.37. The molecule has 0 saturated carbocycles. The van der Waals surface area contributed by atoms with Gasteiger partial charge in [0.05, 0.1) is 28.4 Å². The molecule has 3 N–H and O–H groups in total. The summed E-state index contributed by atoms with van der Waals surface area (Å²) in [6.45, 7) is -0.228. The second-order valence-electron chi connectivity index (χ2n) is 8.00. The van der Waals surface area contributed by atoms with Crippen molar-refractivity contribution in [2.45, 2.75) is 16.6 Å². The molecule has 4 rings (SSSR count). The van der Waals surface area contributed by atoms with E-state index in [0.717, 1.165) is 34.0 Å². The van der Waals surface area contributed by atoms with Gasteiger partial charge in [0.1, 0.15) is 9.77 Å². The normalized spacial score (nSPS) is 12.4. The maximum atomic E-state index is 13.3. The number of sulfonamides is 1. The number of thiophene rings is 1. The Hall–Kier alpha value is -3.45. The van der Waals surface area contributed by atoms with Crippen molar-refractivity contribution >= 4 is 50.3 Å². The molecule has 41 heavy (non-hydrogen) atoms. The number of aliphatic hydroxyl groups excluding tert-OH is 1. The van der Waals surface area contributed by atoms with Crippen molar-refractivity contribution in [3.8, 4) is 11.3 Å². The van der Waals surface area contributed by atoms with E-state index in [-0.39, 0.29) is 38.6 Å². The number of alkyl halides is 6. The standard InChI is InChI=1S/C15H7F6N3O2.C7H10ClN2O3S2/c16-14(17,18)8-3-1-7(2-4-8)10-5-11(15(19,20)21)24-12(23-10)9(6-22-24)13(25)26;1-10(2-3-11)15(12,13)6-4-5(9)7(8)14-6/h1-6H,(H,25,26);4,9,11H,2-3H2,1H3/q;-1. The van der Waals surface area contributed by atoms with Crippen LogP contribution in [-0.4, -0.2) is 63.7 Å². The summed E-state index contributed by atoms with van der Waals surface area (Å²) in [6.07, 6.45) is -8.77. The first kappa shape index (κ1) is 32.1. The molecule has 0 atom stereocenters. The summed E-state index contributed by atoms with van der Waals surface area (Å²) in [5, 5.41) is 21.1. The van der Waals surface area contributed by atoms with Gasteiger partial charge in [-0.1, -0.05) is 23.7 Å². The van der Waals surface area contributed by atoms with Crippen molar-refractivity contribution in [2.75, 3.05) is 20.2 Å². The summed E-state index contributed by atoms with van der Waals surface area (Å²) < 4.78 is 103. The van der Waals surface area contributed by atoms with Crippen molar-refractivity contribution in [1.82, 2.24) is 18.9 Å². The predicted molar refractivity (Wildman–Crippen MR) is 136 cm³/mol. The number of hydrogen-bond acceptors (Lipinski definition) is 7. The Bertz CT molecular complexity index is 1650. The number of benzene rings is 1. The van der Waals surface area contributed by atoms with Crippen LogP contribution in [0.25, 0.3) is 22.6 Å². The van der Waals surface area contributed by atoms with E-state index < -0.39 is 50.8 Å². The lowest BCUT2D eigenvalue weighted by Crippen LogP contribution is -2.28. The fourth-order valence-electron chi connectivity index (χ4n) is 3.18. The molecular formula is C22H17ClF6N5O5S2-. The number of aliphatic hydroxyl groups is 1. The van der Waals surface area contributed by atoms with Crippen molar-refractivity contribution < 1.29 is 49.8 Å². The third kappa shape index (κ3) is 7.07. The first-order valence-corrected chi connectivity index (χ1v) is 13.5. The number of rotatable bonds is 6. The highest BCUT2D eigenvalue weighted by molar-refractivity contribution is 7.91. The van der Waals surface area contributed by atoms with Crippen LogP contribution >= 0.6 is 22.9 Å². The average molecular weight is 645 g/mol. The fraction of sp³-hybridized carbons (Fsp3) is 0.227. The lowest BCUT2D eigenvalue weighted by molar-refractivity contribution is -0.142. The molecule has 0 saturated heterocycles. The minimum atomic E-state index is -4.89. The zero-order valence-electron chi connectivity index (χ0n) is 20.3. The quantitative estimate of drug-likeness (QED) is 0.251. The van der Waals surface area contributed by atoms with Gasteiger partial charge >= 0.3 is 18.3 Å². The number of fused-ring (bicyclic) bond motifs is 1. The van der Waals surface area contributed by atoms with E-state index in [2.05, 4.69) is 10.1 Å². The van der Waals surface area contributed by atoms with Gasteiger partial charge in [-0.3, -0.25) is 0 Å². The SMILES string of the molecule is CN(CCO)S(=O)(=O)c1cc([NH-])c(Cl)s1.O=C(O)c1cnn2c(C(F)(F)F)cc(-c3ccc(C(F)(F)F)cc3)nc12. The Balaban J connectivity index is 0.000000263. The largest absolute Gasteiger partial charge is 0.697 e.